The Labute approximate surface area is 166 Å². The van der Waals surface area contributed by atoms with E-state index in [-0.39, 0.29) is 29.0 Å². The molecule has 0 heterocycles. The van der Waals surface area contributed by atoms with E-state index < -0.39 is 28.6 Å². The van der Waals surface area contributed by atoms with Gasteiger partial charge in [0.05, 0.1) is 10.8 Å². The van der Waals surface area contributed by atoms with E-state index in [0.29, 0.717) is 0 Å². The lowest BCUT2D eigenvalue weighted by atomic mass is 10.2. The zero-order chi connectivity index (χ0) is 21.3. The molecule has 0 saturated carbocycles. The normalized spacial score (nSPS) is 11.9. The number of carbonyl (C=O) groups excluding carboxylic acids is 3. The number of amides is 2. The van der Waals surface area contributed by atoms with E-state index >= 15 is 0 Å². The second kappa shape index (κ2) is 10.5. The van der Waals surface area contributed by atoms with Crippen molar-refractivity contribution in [3.05, 3.63) is 34.4 Å². The second-order valence-electron chi connectivity index (χ2n) is 6.62. The minimum atomic E-state index is -1.05. The van der Waals surface area contributed by atoms with Crippen molar-refractivity contribution in [2.45, 2.75) is 39.3 Å². The molecule has 0 spiro atoms. The summed E-state index contributed by atoms with van der Waals surface area (Å²) in [7, 11) is 0. The highest BCUT2D eigenvalue weighted by Crippen LogP contribution is 2.18. The Morgan fingerprint density at radius 2 is 1.82 bits per heavy atom. The molecule has 28 heavy (non-hydrogen) atoms. The van der Waals surface area contributed by atoms with Crippen LogP contribution in [0, 0.1) is 10.1 Å². The largest absolute Gasteiger partial charge is 0.444 e. The maximum absolute atomic E-state index is 12.4. The van der Waals surface area contributed by atoms with E-state index in [1.165, 1.54) is 43.0 Å². The average molecular weight is 413 g/mol. The van der Waals surface area contributed by atoms with Crippen molar-refractivity contribution in [2.24, 2.45) is 0 Å². The molecule has 0 aliphatic heterocycles. The van der Waals surface area contributed by atoms with Gasteiger partial charge in [0.25, 0.3) is 5.69 Å². The summed E-state index contributed by atoms with van der Waals surface area (Å²) in [5.41, 5.74) is -0.894. The average Bonchev–Trinajstić information content (AvgIpc) is 2.56. The molecule has 154 valence electrons. The number of nitro groups is 1. The van der Waals surface area contributed by atoms with Gasteiger partial charge in [0.2, 0.25) is 5.91 Å². The molecule has 10 nitrogen and oxygen atoms in total. The highest BCUT2D eigenvalue weighted by Gasteiger charge is 2.26. The van der Waals surface area contributed by atoms with Gasteiger partial charge >= 0.3 is 12.1 Å². The molecule has 0 aliphatic carbocycles. The van der Waals surface area contributed by atoms with E-state index in [9.17, 15) is 24.5 Å². The van der Waals surface area contributed by atoms with Gasteiger partial charge in [-0.1, -0.05) is 0 Å². The third kappa shape index (κ3) is 9.21. The number of alkyl carbamates (subject to hydrolysis) is 1. The molecule has 0 aliphatic rings. The van der Waals surface area contributed by atoms with Gasteiger partial charge in [-0.3, -0.25) is 14.9 Å². The number of non-ortho nitro benzene ring substituents is 1. The summed E-state index contributed by atoms with van der Waals surface area (Å²) in [6.45, 7) is 6.41. The maximum Gasteiger partial charge on any atom is 0.408 e. The third-order valence-electron chi connectivity index (χ3n) is 2.95. The Morgan fingerprint density at radius 3 is 2.32 bits per heavy atom. The Hall–Kier alpha value is -2.82. The smallest absolute Gasteiger partial charge is 0.408 e. The fourth-order valence-electron chi connectivity index (χ4n) is 1.77. The number of nitrogens with zero attached hydrogens (tertiary/aromatic N) is 1. The summed E-state index contributed by atoms with van der Waals surface area (Å²) in [5.74, 6) is -0.538. The Kier molecular flexibility index (Phi) is 8.71. The summed E-state index contributed by atoms with van der Waals surface area (Å²) in [4.78, 5) is 45.4. The number of benzene rings is 1. The van der Waals surface area contributed by atoms with E-state index in [2.05, 4.69) is 10.6 Å². The number of thioether (sulfide) groups is 1. The van der Waals surface area contributed by atoms with Crippen molar-refractivity contribution >= 4 is 35.4 Å². The molecule has 2 amide bonds. The molecule has 11 heteroatoms. The summed E-state index contributed by atoms with van der Waals surface area (Å²) >= 11 is 1.20. The molecule has 2 N–H and O–H groups in total. The third-order valence-corrected chi connectivity index (χ3v) is 3.87. The summed E-state index contributed by atoms with van der Waals surface area (Å²) in [5, 5.41) is 15.7. The van der Waals surface area contributed by atoms with Gasteiger partial charge in [0.15, 0.2) is 0 Å². The first kappa shape index (κ1) is 23.2. The van der Waals surface area contributed by atoms with Gasteiger partial charge in [-0.2, -0.15) is 0 Å². The summed E-state index contributed by atoms with van der Waals surface area (Å²) < 4.78 is 10.3. The number of carbonyl (C=O) groups is 3. The molecule has 1 rings (SSSR count). The number of ether oxygens (including phenoxy) is 2. The van der Waals surface area contributed by atoms with Crippen LogP contribution in [0.15, 0.2) is 24.3 Å². The van der Waals surface area contributed by atoms with Crippen LogP contribution in [-0.4, -0.2) is 46.2 Å². The van der Waals surface area contributed by atoms with Crippen LogP contribution < -0.4 is 15.4 Å². The van der Waals surface area contributed by atoms with Crippen LogP contribution in [-0.2, 0) is 14.3 Å². The minimum absolute atomic E-state index is 0.0958. The van der Waals surface area contributed by atoms with Crippen LogP contribution in [0.25, 0.3) is 0 Å². The number of nitrogens with one attached hydrogen (secondary N) is 2. The predicted octanol–water partition coefficient (Wildman–Crippen LogP) is 2.22. The first-order valence-corrected chi connectivity index (χ1v) is 9.41. The lowest BCUT2D eigenvalue weighted by Gasteiger charge is -2.22. The van der Waals surface area contributed by atoms with Crippen molar-refractivity contribution in [1.29, 1.82) is 0 Å². The van der Waals surface area contributed by atoms with Crippen molar-refractivity contribution in [1.82, 2.24) is 10.6 Å². The van der Waals surface area contributed by atoms with Gasteiger partial charge in [0.1, 0.15) is 17.4 Å². The molecule has 1 aromatic carbocycles. The van der Waals surface area contributed by atoms with Crippen molar-refractivity contribution in [2.75, 3.05) is 11.6 Å². The Bertz CT molecular complexity index is 716. The van der Waals surface area contributed by atoms with Crippen molar-refractivity contribution in [3.8, 4) is 5.75 Å². The van der Waals surface area contributed by atoms with Crippen molar-refractivity contribution < 1.29 is 28.8 Å². The molecule has 0 aromatic heterocycles. The molecule has 0 bridgehead atoms. The van der Waals surface area contributed by atoms with Gasteiger partial charge < -0.3 is 20.1 Å². The highest BCUT2D eigenvalue weighted by molar-refractivity contribution is 7.99. The monoisotopic (exact) mass is 413 g/mol. The first-order valence-electron chi connectivity index (χ1n) is 8.26. The van der Waals surface area contributed by atoms with Gasteiger partial charge in [-0.15, -0.1) is 11.8 Å². The fourth-order valence-corrected chi connectivity index (χ4v) is 2.65. The second-order valence-corrected chi connectivity index (χ2v) is 7.65. The zero-order valence-corrected chi connectivity index (χ0v) is 16.8. The topological polar surface area (TPSA) is 137 Å². The molecule has 0 fully saturated rings. The van der Waals surface area contributed by atoms with Crippen LogP contribution in [0.4, 0.5) is 10.5 Å². The summed E-state index contributed by atoms with van der Waals surface area (Å²) in [6, 6.07) is 3.91. The molecular weight excluding hydrogens is 390 g/mol. The lowest BCUT2D eigenvalue weighted by Crippen LogP contribution is -2.47. The predicted molar refractivity (Wildman–Crippen MR) is 103 cm³/mol. The fraction of sp³-hybridized carbons (Fsp3) is 0.471. The molecule has 0 radical (unpaired) electrons. The number of rotatable bonds is 8. The Balaban J connectivity index is 2.76. The number of hydrogen-bond acceptors (Lipinski definition) is 8. The zero-order valence-electron chi connectivity index (χ0n) is 16.0. The van der Waals surface area contributed by atoms with Gasteiger partial charge in [-0.25, -0.2) is 9.59 Å². The molecular formula is C17H23N3O7S. The van der Waals surface area contributed by atoms with E-state index in [0.717, 1.165) is 0 Å². The SMILES string of the molecule is CC(=O)NCSC[C@@H](NC(=O)OC(C)(C)C)C(=O)Oc1ccc([N+](=O)[O-])cc1. The summed E-state index contributed by atoms with van der Waals surface area (Å²) in [6.07, 6.45) is -0.793. The molecule has 1 aromatic rings. The van der Waals surface area contributed by atoms with E-state index in [1.807, 2.05) is 0 Å². The number of esters is 1. The standard InChI is InChI=1S/C17H23N3O7S/c1-11(21)18-10-28-9-14(19-16(23)27-17(2,3)4)15(22)26-13-7-5-12(6-8-13)20(24)25/h5-8,14H,9-10H2,1-4H3,(H,18,21)(H,19,23)/t14-/m1/s1. The Morgan fingerprint density at radius 1 is 1.21 bits per heavy atom. The van der Waals surface area contributed by atoms with E-state index in [4.69, 9.17) is 9.47 Å². The molecule has 0 unspecified atom stereocenters. The molecule has 1 atom stereocenters. The van der Waals surface area contributed by atoms with Crippen LogP contribution in [0.2, 0.25) is 0 Å². The van der Waals surface area contributed by atoms with Crippen molar-refractivity contribution in [3.63, 3.8) is 0 Å². The van der Waals surface area contributed by atoms with Crippen LogP contribution in [0.3, 0.4) is 0 Å². The highest BCUT2D eigenvalue weighted by atomic mass is 32.2. The van der Waals surface area contributed by atoms with Gasteiger partial charge in [0, 0.05) is 24.8 Å². The van der Waals surface area contributed by atoms with Crippen LogP contribution in [0.5, 0.6) is 5.75 Å². The van der Waals surface area contributed by atoms with Crippen LogP contribution in [0.1, 0.15) is 27.7 Å². The first-order chi connectivity index (χ1) is 13.0. The minimum Gasteiger partial charge on any atom is -0.444 e. The quantitative estimate of drug-likeness (QED) is 0.165. The van der Waals surface area contributed by atoms with Crippen LogP contribution >= 0.6 is 11.8 Å². The van der Waals surface area contributed by atoms with Gasteiger partial charge in [-0.05, 0) is 32.9 Å². The lowest BCUT2D eigenvalue weighted by molar-refractivity contribution is -0.384. The number of nitro benzene ring substituents is 1. The van der Waals surface area contributed by atoms with E-state index in [1.54, 1.807) is 20.8 Å². The molecule has 0 saturated heterocycles. The number of hydrogen-bond donors (Lipinski definition) is 2. The maximum atomic E-state index is 12.4.